The highest BCUT2D eigenvalue weighted by Crippen LogP contribution is 2.48. The normalized spacial score (nSPS) is 18.9. The summed E-state index contributed by atoms with van der Waals surface area (Å²) < 4.78 is 0. The fourth-order valence-electron chi connectivity index (χ4n) is 2.35. The van der Waals surface area contributed by atoms with Crippen LogP contribution in [0, 0.1) is 5.92 Å². The minimum Gasteiger partial charge on any atom is -0.365 e. The second-order valence-corrected chi connectivity index (χ2v) is 4.30. The number of primary amides is 1. The molecule has 1 aromatic carbocycles. The third-order valence-electron chi connectivity index (χ3n) is 3.19. The van der Waals surface area contributed by atoms with Gasteiger partial charge in [0.25, 0.3) is 5.91 Å². The number of hydrogen-bond acceptors (Lipinski definition) is 2. The maximum atomic E-state index is 12.0. The molecule has 0 atom stereocenters. The standard InChI is InChI=1S/C13H11NO2/c14-13(16)11-10(7-5-6-7)8-3-1-2-4-9(8)12(11)15/h1-4,7H,5-6H2,(H2,14,16). The lowest BCUT2D eigenvalue weighted by Crippen LogP contribution is -2.19. The van der Waals surface area contributed by atoms with E-state index in [-0.39, 0.29) is 11.4 Å². The van der Waals surface area contributed by atoms with Crippen molar-refractivity contribution in [2.24, 2.45) is 11.7 Å². The zero-order chi connectivity index (χ0) is 11.3. The number of carbonyl (C=O) groups is 2. The first-order chi connectivity index (χ1) is 7.70. The largest absolute Gasteiger partial charge is 0.365 e. The molecule has 1 fully saturated rings. The maximum absolute atomic E-state index is 12.0. The van der Waals surface area contributed by atoms with Crippen LogP contribution in [0.2, 0.25) is 0 Å². The lowest BCUT2D eigenvalue weighted by molar-refractivity contribution is -0.114. The number of nitrogens with two attached hydrogens (primary N) is 1. The summed E-state index contributed by atoms with van der Waals surface area (Å²) in [6, 6.07) is 7.36. The summed E-state index contributed by atoms with van der Waals surface area (Å²) in [5, 5.41) is 0. The van der Waals surface area contributed by atoms with Gasteiger partial charge in [-0.3, -0.25) is 9.59 Å². The van der Waals surface area contributed by atoms with Gasteiger partial charge in [0.1, 0.15) is 0 Å². The van der Waals surface area contributed by atoms with Crippen LogP contribution < -0.4 is 5.73 Å². The lowest BCUT2D eigenvalue weighted by atomic mass is 10.0. The SMILES string of the molecule is NC(=O)C1=C(C2CC2)c2ccccc2C1=O. The smallest absolute Gasteiger partial charge is 0.253 e. The summed E-state index contributed by atoms with van der Waals surface area (Å²) in [7, 11) is 0. The fourth-order valence-corrected chi connectivity index (χ4v) is 2.35. The molecule has 0 spiro atoms. The van der Waals surface area contributed by atoms with Crippen LogP contribution in [0.1, 0.15) is 28.8 Å². The molecule has 0 bridgehead atoms. The molecule has 3 heteroatoms. The molecule has 2 aliphatic carbocycles. The van der Waals surface area contributed by atoms with Gasteiger partial charge >= 0.3 is 0 Å². The molecule has 0 heterocycles. The van der Waals surface area contributed by atoms with E-state index in [1.54, 1.807) is 6.07 Å². The Kier molecular flexibility index (Phi) is 1.78. The van der Waals surface area contributed by atoms with Crippen molar-refractivity contribution in [2.45, 2.75) is 12.8 Å². The van der Waals surface area contributed by atoms with Gasteiger partial charge in [-0.25, -0.2) is 0 Å². The number of benzene rings is 1. The Hall–Kier alpha value is -1.90. The quantitative estimate of drug-likeness (QED) is 0.757. The van der Waals surface area contributed by atoms with E-state index in [1.807, 2.05) is 18.2 Å². The third-order valence-corrected chi connectivity index (χ3v) is 3.19. The van der Waals surface area contributed by atoms with Crippen molar-refractivity contribution in [3.63, 3.8) is 0 Å². The summed E-state index contributed by atoms with van der Waals surface area (Å²) in [5.41, 5.74) is 7.93. The van der Waals surface area contributed by atoms with Crippen molar-refractivity contribution < 1.29 is 9.59 Å². The molecule has 3 nitrogen and oxygen atoms in total. The summed E-state index contributed by atoms with van der Waals surface area (Å²) in [4.78, 5) is 23.4. The topological polar surface area (TPSA) is 60.2 Å². The maximum Gasteiger partial charge on any atom is 0.253 e. The number of Topliss-reactive ketones (excluding diaryl/α,β-unsaturated/α-hetero) is 1. The fraction of sp³-hybridized carbons (Fsp3) is 0.231. The Labute approximate surface area is 92.9 Å². The van der Waals surface area contributed by atoms with Gasteiger partial charge in [-0.2, -0.15) is 0 Å². The van der Waals surface area contributed by atoms with Crippen molar-refractivity contribution >= 4 is 17.3 Å². The van der Waals surface area contributed by atoms with Gasteiger partial charge in [-0.05, 0) is 29.9 Å². The van der Waals surface area contributed by atoms with Crippen molar-refractivity contribution in [3.05, 3.63) is 41.0 Å². The predicted molar refractivity (Wildman–Crippen MR) is 59.6 cm³/mol. The Morgan fingerprint density at radius 1 is 1.19 bits per heavy atom. The van der Waals surface area contributed by atoms with Gasteiger partial charge < -0.3 is 5.73 Å². The van der Waals surface area contributed by atoms with E-state index in [4.69, 9.17) is 5.73 Å². The second kappa shape index (κ2) is 3.04. The van der Waals surface area contributed by atoms with Gasteiger partial charge in [0.2, 0.25) is 0 Å². The van der Waals surface area contributed by atoms with Crippen molar-refractivity contribution in [2.75, 3.05) is 0 Å². The summed E-state index contributed by atoms with van der Waals surface area (Å²) in [5.74, 6) is -0.441. The first kappa shape index (κ1) is 9.33. The van der Waals surface area contributed by atoms with E-state index in [9.17, 15) is 9.59 Å². The van der Waals surface area contributed by atoms with Crippen LogP contribution in [0.4, 0.5) is 0 Å². The molecule has 2 N–H and O–H groups in total. The first-order valence-electron chi connectivity index (χ1n) is 5.38. The van der Waals surface area contributed by atoms with Gasteiger partial charge in [0.15, 0.2) is 5.78 Å². The van der Waals surface area contributed by atoms with Gasteiger partial charge in [-0.1, -0.05) is 24.3 Å². The molecule has 1 aromatic rings. The van der Waals surface area contributed by atoms with Gasteiger partial charge in [0.05, 0.1) is 5.57 Å². The molecule has 80 valence electrons. The van der Waals surface area contributed by atoms with Crippen LogP contribution in [0.25, 0.3) is 5.57 Å². The molecule has 16 heavy (non-hydrogen) atoms. The van der Waals surface area contributed by atoms with Crippen molar-refractivity contribution in [1.82, 2.24) is 0 Å². The summed E-state index contributed by atoms with van der Waals surface area (Å²) >= 11 is 0. The van der Waals surface area contributed by atoms with Gasteiger partial charge in [-0.15, -0.1) is 0 Å². The van der Waals surface area contributed by atoms with Gasteiger partial charge in [0, 0.05) is 5.56 Å². The van der Waals surface area contributed by atoms with Crippen LogP contribution in [0.5, 0.6) is 0 Å². The Bertz CT molecular complexity index is 539. The summed E-state index contributed by atoms with van der Waals surface area (Å²) in [6.07, 6.45) is 2.10. The monoisotopic (exact) mass is 213 g/mol. The van der Waals surface area contributed by atoms with E-state index in [0.29, 0.717) is 11.5 Å². The summed E-state index contributed by atoms with van der Waals surface area (Å²) in [6.45, 7) is 0. The minimum absolute atomic E-state index is 0.204. The molecule has 1 saturated carbocycles. The van der Waals surface area contributed by atoms with E-state index in [2.05, 4.69) is 0 Å². The third kappa shape index (κ3) is 1.14. The molecule has 1 amide bonds. The highest BCUT2D eigenvalue weighted by atomic mass is 16.2. The molecule has 2 aliphatic rings. The molecular formula is C13H11NO2. The Balaban J connectivity index is 2.25. The van der Waals surface area contributed by atoms with Crippen LogP contribution in [-0.2, 0) is 4.79 Å². The van der Waals surface area contributed by atoms with Crippen LogP contribution >= 0.6 is 0 Å². The number of amides is 1. The van der Waals surface area contributed by atoms with Crippen LogP contribution in [-0.4, -0.2) is 11.7 Å². The lowest BCUT2D eigenvalue weighted by Gasteiger charge is -2.02. The molecule has 0 saturated heterocycles. The number of ketones is 1. The van der Waals surface area contributed by atoms with E-state index < -0.39 is 5.91 Å². The van der Waals surface area contributed by atoms with Crippen LogP contribution in [0.3, 0.4) is 0 Å². The highest BCUT2D eigenvalue weighted by molar-refractivity contribution is 6.34. The average molecular weight is 213 g/mol. The molecular weight excluding hydrogens is 202 g/mol. The molecule has 0 unspecified atom stereocenters. The van der Waals surface area contributed by atoms with E-state index in [1.165, 1.54) is 0 Å². The zero-order valence-electron chi connectivity index (χ0n) is 8.69. The number of rotatable bonds is 2. The minimum atomic E-state index is -0.594. The average Bonchev–Trinajstić information content (AvgIpc) is 3.05. The zero-order valence-corrected chi connectivity index (χ0v) is 8.69. The molecule has 3 rings (SSSR count). The van der Waals surface area contributed by atoms with Crippen molar-refractivity contribution in [3.8, 4) is 0 Å². The molecule has 0 aromatic heterocycles. The van der Waals surface area contributed by atoms with E-state index >= 15 is 0 Å². The van der Waals surface area contributed by atoms with Crippen LogP contribution in [0.15, 0.2) is 29.8 Å². The van der Waals surface area contributed by atoms with Crippen molar-refractivity contribution in [1.29, 1.82) is 0 Å². The number of hydrogen-bond donors (Lipinski definition) is 1. The number of allylic oxidation sites excluding steroid dienone is 1. The number of fused-ring (bicyclic) bond motifs is 1. The first-order valence-corrected chi connectivity index (χ1v) is 5.38. The number of carbonyl (C=O) groups excluding carboxylic acids is 2. The second-order valence-electron chi connectivity index (χ2n) is 4.30. The molecule has 0 aliphatic heterocycles. The van der Waals surface area contributed by atoms with E-state index in [0.717, 1.165) is 24.0 Å². The Morgan fingerprint density at radius 3 is 2.38 bits per heavy atom. The molecule has 0 radical (unpaired) electrons. The Morgan fingerprint density at radius 2 is 1.81 bits per heavy atom. The predicted octanol–water partition coefficient (Wildman–Crippen LogP) is 1.53. The highest BCUT2D eigenvalue weighted by Gasteiger charge is 2.39.